The van der Waals surface area contributed by atoms with E-state index in [1.807, 2.05) is 39.0 Å². The fourth-order valence-corrected chi connectivity index (χ4v) is 3.97. The second-order valence-electron chi connectivity index (χ2n) is 9.75. The van der Waals surface area contributed by atoms with Gasteiger partial charge in [-0.2, -0.15) is 5.10 Å². The molecule has 0 amide bonds. The van der Waals surface area contributed by atoms with E-state index in [4.69, 9.17) is 9.40 Å². The van der Waals surface area contributed by atoms with Crippen molar-refractivity contribution in [1.82, 2.24) is 35.1 Å². The lowest BCUT2D eigenvalue weighted by atomic mass is 9.94. The summed E-state index contributed by atoms with van der Waals surface area (Å²) in [6.45, 7) is 5.89. The molecule has 6 aromatic rings. The van der Waals surface area contributed by atoms with Crippen molar-refractivity contribution in [2.24, 2.45) is 5.41 Å². The van der Waals surface area contributed by atoms with E-state index >= 15 is 0 Å². The summed E-state index contributed by atoms with van der Waals surface area (Å²) in [4.78, 5) is 21.4. The van der Waals surface area contributed by atoms with Gasteiger partial charge in [-0.1, -0.05) is 20.8 Å². The molecule has 0 fully saturated rings. The van der Waals surface area contributed by atoms with E-state index < -0.39 is 6.23 Å². The molecule has 10 heteroatoms. The van der Waals surface area contributed by atoms with Crippen molar-refractivity contribution in [2.45, 2.75) is 27.0 Å². The minimum absolute atomic E-state index is 0.318. The van der Waals surface area contributed by atoms with Crippen LogP contribution in [0.4, 0.5) is 5.69 Å². The van der Waals surface area contributed by atoms with Gasteiger partial charge in [-0.15, -0.1) is 0 Å². The number of aliphatic hydroxyl groups is 1. The first-order valence-corrected chi connectivity index (χ1v) is 11.5. The van der Waals surface area contributed by atoms with E-state index in [1.165, 1.54) is 0 Å². The zero-order valence-electron chi connectivity index (χ0n) is 19.9. The Morgan fingerprint density at radius 1 is 1.00 bits per heavy atom. The lowest BCUT2D eigenvalue weighted by Crippen LogP contribution is -2.33. The molecule has 1 atom stereocenters. The SMILES string of the molecule is CC(C)(C)C(O)Nc1cncc(-c2cnc3[nH]nc(-c4nc5c(-c6ccoc6)cncc5[nH]4)c3c2)c1. The Kier molecular flexibility index (Phi) is 5.04. The zero-order valence-corrected chi connectivity index (χ0v) is 19.9. The molecule has 0 saturated carbocycles. The van der Waals surface area contributed by atoms with Gasteiger partial charge in [0.15, 0.2) is 11.5 Å². The van der Waals surface area contributed by atoms with Crippen molar-refractivity contribution in [2.75, 3.05) is 5.32 Å². The van der Waals surface area contributed by atoms with Crippen molar-refractivity contribution < 1.29 is 9.52 Å². The number of aromatic amines is 2. The average Bonchev–Trinajstić information content (AvgIpc) is 3.62. The van der Waals surface area contributed by atoms with Crippen LogP contribution in [0.3, 0.4) is 0 Å². The molecule has 0 bridgehead atoms. The van der Waals surface area contributed by atoms with Crippen LogP contribution >= 0.6 is 0 Å². The van der Waals surface area contributed by atoms with Gasteiger partial charge in [0, 0.05) is 46.3 Å². The number of nitrogens with zero attached hydrogens (tertiary/aromatic N) is 5. The minimum Gasteiger partial charge on any atom is -0.472 e. The number of hydrogen-bond acceptors (Lipinski definition) is 8. The molecule has 4 N–H and O–H groups in total. The van der Waals surface area contributed by atoms with Gasteiger partial charge in [0.25, 0.3) is 0 Å². The van der Waals surface area contributed by atoms with Gasteiger partial charge in [0.05, 0.1) is 41.5 Å². The summed E-state index contributed by atoms with van der Waals surface area (Å²) in [5.74, 6) is 0.606. The van der Waals surface area contributed by atoms with Crippen LogP contribution in [0.1, 0.15) is 20.8 Å². The minimum atomic E-state index is -0.717. The molecule has 6 aromatic heterocycles. The number of anilines is 1. The lowest BCUT2D eigenvalue weighted by Gasteiger charge is -2.27. The number of hydrogen-bond donors (Lipinski definition) is 4. The summed E-state index contributed by atoms with van der Waals surface area (Å²) in [5, 5.41) is 21.9. The number of aromatic nitrogens is 7. The molecule has 0 spiro atoms. The third-order valence-electron chi connectivity index (χ3n) is 6.06. The molecule has 180 valence electrons. The first-order valence-electron chi connectivity index (χ1n) is 11.5. The molecule has 0 aliphatic heterocycles. The summed E-state index contributed by atoms with van der Waals surface area (Å²) >= 11 is 0. The Morgan fingerprint density at radius 3 is 2.64 bits per heavy atom. The molecular formula is C26H24N8O2. The lowest BCUT2D eigenvalue weighted by molar-refractivity contribution is 0.0880. The standard InChI is InChI=1S/C26H24N8O2/c1-26(2,3)25(35)30-17-6-15(8-27-10-17)16-7-18-22(33-34-23(18)29-9-16)24-31-20-12-28-11-19(21(20)32-24)14-4-5-36-13-14/h4-13,25,30,35H,1-3H3,(H,31,32)(H,29,33,34). The van der Waals surface area contributed by atoms with Crippen molar-refractivity contribution >= 4 is 27.8 Å². The first-order chi connectivity index (χ1) is 17.4. The van der Waals surface area contributed by atoms with E-state index in [0.717, 1.165) is 44.4 Å². The van der Waals surface area contributed by atoms with Gasteiger partial charge in [-0.05, 0) is 18.2 Å². The number of H-pyrrole nitrogens is 2. The molecule has 1 unspecified atom stereocenters. The third-order valence-corrected chi connectivity index (χ3v) is 6.06. The van der Waals surface area contributed by atoms with Crippen LogP contribution in [-0.4, -0.2) is 46.5 Å². The number of fused-ring (bicyclic) bond motifs is 2. The normalized spacial score (nSPS) is 12.9. The van der Waals surface area contributed by atoms with Crippen LogP contribution in [0.15, 0.2) is 66.1 Å². The van der Waals surface area contributed by atoms with E-state index in [-0.39, 0.29) is 5.41 Å². The summed E-state index contributed by atoms with van der Waals surface area (Å²) in [5.41, 5.74) is 6.77. The molecule has 0 aliphatic rings. The number of rotatable bonds is 5. The Balaban J connectivity index is 1.40. The van der Waals surface area contributed by atoms with Crippen molar-refractivity contribution in [3.05, 3.63) is 61.7 Å². The smallest absolute Gasteiger partial charge is 0.159 e. The quantitative estimate of drug-likeness (QED) is 0.253. The summed E-state index contributed by atoms with van der Waals surface area (Å²) < 4.78 is 5.24. The van der Waals surface area contributed by atoms with E-state index in [0.29, 0.717) is 17.2 Å². The van der Waals surface area contributed by atoms with E-state index in [2.05, 4.69) is 35.5 Å². The number of furan rings is 1. The number of imidazole rings is 1. The fourth-order valence-electron chi connectivity index (χ4n) is 3.97. The maximum atomic E-state index is 10.4. The summed E-state index contributed by atoms with van der Waals surface area (Å²) in [7, 11) is 0. The van der Waals surface area contributed by atoms with Gasteiger partial charge in [0.2, 0.25) is 0 Å². The summed E-state index contributed by atoms with van der Waals surface area (Å²) in [6, 6.07) is 5.82. The van der Waals surface area contributed by atoms with Gasteiger partial charge in [-0.25, -0.2) is 9.97 Å². The highest BCUT2D eigenvalue weighted by Crippen LogP contribution is 2.32. The second-order valence-corrected chi connectivity index (χ2v) is 9.75. The Bertz CT molecular complexity index is 1680. The summed E-state index contributed by atoms with van der Waals surface area (Å²) in [6.07, 6.45) is 11.3. The maximum absolute atomic E-state index is 10.4. The van der Waals surface area contributed by atoms with Crippen LogP contribution in [0.5, 0.6) is 0 Å². The fraction of sp³-hybridized carbons (Fsp3) is 0.192. The van der Waals surface area contributed by atoms with Gasteiger partial charge >= 0.3 is 0 Å². The van der Waals surface area contributed by atoms with Crippen LogP contribution in [0.25, 0.3) is 55.8 Å². The van der Waals surface area contributed by atoms with Crippen LogP contribution in [0.2, 0.25) is 0 Å². The largest absolute Gasteiger partial charge is 0.472 e. The molecule has 36 heavy (non-hydrogen) atoms. The van der Waals surface area contributed by atoms with Crippen molar-refractivity contribution in [1.29, 1.82) is 0 Å². The topological polar surface area (TPSA) is 141 Å². The molecular weight excluding hydrogens is 456 g/mol. The second kappa shape index (κ2) is 8.28. The highest BCUT2D eigenvalue weighted by molar-refractivity contribution is 5.96. The molecule has 0 saturated heterocycles. The number of pyridine rings is 3. The van der Waals surface area contributed by atoms with Crippen LogP contribution < -0.4 is 5.32 Å². The molecule has 0 aliphatic carbocycles. The van der Waals surface area contributed by atoms with Crippen molar-refractivity contribution in [3.8, 4) is 33.8 Å². The number of nitrogens with one attached hydrogen (secondary N) is 3. The van der Waals surface area contributed by atoms with Crippen LogP contribution in [-0.2, 0) is 0 Å². The first kappa shape index (κ1) is 21.9. The highest BCUT2D eigenvalue weighted by Gasteiger charge is 2.22. The van der Waals surface area contributed by atoms with Crippen LogP contribution in [0, 0.1) is 5.41 Å². The molecule has 0 radical (unpaired) electrons. The monoisotopic (exact) mass is 480 g/mol. The molecule has 10 nitrogen and oxygen atoms in total. The molecule has 6 rings (SSSR count). The predicted octanol–water partition coefficient (Wildman–Crippen LogP) is 4.99. The maximum Gasteiger partial charge on any atom is 0.159 e. The van der Waals surface area contributed by atoms with Gasteiger partial charge in [0.1, 0.15) is 17.4 Å². The highest BCUT2D eigenvalue weighted by atomic mass is 16.3. The van der Waals surface area contributed by atoms with Crippen molar-refractivity contribution in [3.63, 3.8) is 0 Å². The molecule has 6 heterocycles. The average molecular weight is 481 g/mol. The van der Waals surface area contributed by atoms with Gasteiger partial charge < -0.3 is 19.8 Å². The van der Waals surface area contributed by atoms with E-state index in [1.54, 1.807) is 43.5 Å². The van der Waals surface area contributed by atoms with E-state index in [9.17, 15) is 5.11 Å². The Labute approximate surface area is 205 Å². The number of aliphatic hydroxyl groups excluding tert-OH is 1. The zero-order chi connectivity index (χ0) is 24.9. The molecule has 0 aromatic carbocycles. The Morgan fingerprint density at radius 2 is 1.83 bits per heavy atom. The van der Waals surface area contributed by atoms with Gasteiger partial charge in [-0.3, -0.25) is 15.1 Å². The Hall–Kier alpha value is -4.57. The predicted molar refractivity (Wildman–Crippen MR) is 137 cm³/mol. The third kappa shape index (κ3) is 3.87.